The third-order valence-corrected chi connectivity index (χ3v) is 3.30. The molecular formula is C14H20Cl2F2N2. The fourth-order valence-corrected chi connectivity index (χ4v) is 2.40. The number of piperazine rings is 1. The normalized spacial score (nSPS) is 16.7. The van der Waals surface area contributed by atoms with Crippen molar-refractivity contribution >= 4 is 24.8 Å². The molecule has 0 amide bonds. The summed E-state index contributed by atoms with van der Waals surface area (Å²) in [5.41, 5.74) is 0.554. The summed E-state index contributed by atoms with van der Waals surface area (Å²) in [6, 6.07) is 3.76. The Morgan fingerprint density at radius 2 is 1.90 bits per heavy atom. The van der Waals surface area contributed by atoms with Gasteiger partial charge in [0.05, 0.1) is 0 Å². The molecule has 1 N–H and O–H groups in total. The average Bonchev–Trinajstić information content (AvgIpc) is 2.38. The maximum Gasteiger partial charge on any atom is 0.130 e. The monoisotopic (exact) mass is 324 g/mol. The Hall–Kier alpha value is -0.680. The summed E-state index contributed by atoms with van der Waals surface area (Å²) >= 11 is 0. The fourth-order valence-electron chi connectivity index (χ4n) is 2.40. The molecule has 0 unspecified atom stereocenters. The van der Waals surface area contributed by atoms with Crippen LogP contribution in [0.5, 0.6) is 0 Å². The van der Waals surface area contributed by atoms with Crippen LogP contribution >= 0.6 is 24.8 Å². The van der Waals surface area contributed by atoms with Crippen molar-refractivity contribution < 1.29 is 8.78 Å². The van der Waals surface area contributed by atoms with Gasteiger partial charge in [0.15, 0.2) is 0 Å². The van der Waals surface area contributed by atoms with E-state index in [9.17, 15) is 8.78 Å². The third kappa shape index (κ3) is 4.70. The lowest BCUT2D eigenvalue weighted by atomic mass is 10.0. The zero-order valence-electron chi connectivity index (χ0n) is 11.1. The van der Waals surface area contributed by atoms with Crippen LogP contribution in [0.3, 0.4) is 0 Å². The molecule has 0 saturated carbocycles. The van der Waals surface area contributed by atoms with Gasteiger partial charge in [0.1, 0.15) is 11.6 Å². The molecule has 1 aromatic carbocycles. The van der Waals surface area contributed by atoms with Crippen LogP contribution in [0.1, 0.15) is 18.0 Å². The first-order chi connectivity index (χ1) is 8.72. The van der Waals surface area contributed by atoms with Crippen LogP contribution in [-0.2, 0) is 0 Å². The van der Waals surface area contributed by atoms with Crippen LogP contribution < -0.4 is 5.32 Å². The predicted octanol–water partition coefficient (Wildman–Crippen LogP) is 3.33. The van der Waals surface area contributed by atoms with E-state index in [0.717, 1.165) is 32.2 Å². The zero-order chi connectivity index (χ0) is 13.0. The van der Waals surface area contributed by atoms with Gasteiger partial charge in [-0.25, -0.2) is 8.78 Å². The summed E-state index contributed by atoms with van der Waals surface area (Å²) < 4.78 is 26.8. The van der Waals surface area contributed by atoms with Gasteiger partial charge >= 0.3 is 0 Å². The molecule has 1 fully saturated rings. The lowest BCUT2D eigenvalue weighted by Gasteiger charge is -2.34. The van der Waals surface area contributed by atoms with Crippen LogP contribution in [0.25, 0.3) is 0 Å². The molecule has 0 aliphatic carbocycles. The van der Waals surface area contributed by atoms with E-state index in [-0.39, 0.29) is 30.9 Å². The molecule has 0 bridgehead atoms. The molecule has 1 aliphatic rings. The summed E-state index contributed by atoms with van der Waals surface area (Å²) in [4.78, 5) is 2.22. The van der Waals surface area contributed by atoms with Gasteiger partial charge in [0, 0.05) is 43.9 Å². The number of hydrogen-bond donors (Lipinski definition) is 1. The lowest BCUT2D eigenvalue weighted by molar-refractivity contribution is 0.171. The summed E-state index contributed by atoms with van der Waals surface area (Å²) in [6.45, 7) is 7.27. The average molecular weight is 325 g/mol. The third-order valence-electron chi connectivity index (χ3n) is 3.30. The number of hydrogen-bond acceptors (Lipinski definition) is 2. The Morgan fingerprint density at radius 1 is 1.25 bits per heavy atom. The first kappa shape index (κ1) is 19.3. The number of nitrogens with zero attached hydrogens (tertiary/aromatic N) is 1. The van der Waals surface area contributed by atoms with Crippen molar-refractivity contribution in [2.75, 3.05) is 26.2 Å². The molecule has 1 aromatic rings. The molecule has 0 radical (unpaired) electrons. The van der Waals surface area contributed by atoms with Crippen molar-refractivity contribution in [3.05, 3.63) is 48.1 Å². The highest BCUT2D eigenvalue weighted by molar-refractivity contribution is 5.85. The molecule has 1 aliphatic heterocycles. The highest BCUT2D eigenvalue weighted by atomic mass is 35.5. The molecule has 114 valence electrons. The van der Waals surface area contributed by atoms with E-state index < -0.39 is 11.6 Å². The van der Waals surface area contributed by atoms with Crippen LogP contribution in [0, 0.1) is 11.6 Å². The van der Waals surface area contributed by atoms with E-state index in [0.29, 0.717) is 12.0 Å². The van der Waals surface area contributed by atoms with Gasteiger partial charge in [-0.05, 0) is 12.5 Å². The molecule has 2 rings (SSSR count). The SMILES string of the molecule is C=CC[C@H](c1ccc(F)cc1F)N1CCNCC1.Cl.Cl. The highest BCUT2D eigenvalue weighted by Crippen LogP contribution is 2.27. The van der Waals surface area contributed by atoms with E-state index in [4.69, 9.17) is 0 Å². The smallest absolute Gasteiger partial charge is 0.130 e. The van der Waals surface area contributed by atoms with Crippen molar-refractivity contribution in [3.63, 3.8) is 0 Å². The van der Waals surface area contributed by atoms with Gasteiger partial charge in [-0.15, -0.1) is 31.4 Å². The van der Waals surface area contributed by atoms with Gasteiger partial charge in [0.25, 0.3) is 0 Å². The van der Waals surface area contributed by atoms with Crippen molar-refractivity contribution in [1.29, 1.82) is 0 Å². The van der Waals surface area contributed by atoms with Gasteiger partial charge in [-0.1, -0.05) is 12.1 Å². The van der Waals surface area contributed by atoms with Crippen LogP contribution in [0.2, 0.25) is 0 Å². The quantitative estimate of drug-likeness (QED) is 0.854. The van der Waals surface area contributed by atoms with Crippen molar-refractivity contribution in [1.82, 2.24) is 10.2 Å². The Kier molecular flexibility index (Phi) is 8.98. The molecule has 1 saturated heterocycles. The maximum atomic E-state index is 13.9. The molecule has 1 heterocycles. The minimum absolute atomic E-state index is 0. The Labute approximate surface area is 131 Å². The van der Waals surface area contributed by atoms with Crippen LogP contribution in [-0.4, -0.2) is 31.1 Å². The molecule has 2 nitrogen and oxygen atoms in total. The van der Waals surface area contributed by atoms with E-state index >= 15 is 0 Å². The van der Waals surface area contributed by atoms with E-state index in [1.54, 1.807) is 12.1 Å². The van der Waals surface area contributed by atoms with E-state index in [2.05, 4.69) is 16.8 Å². The topological polar surface area (TPSA) is 15.3 Å². The van der Waals surface area contributed by atoms with Crippen molar-refractivity contribution in [3.8, 4) is 0 Å². The standard InChI is InChI=1S/C14H18F2N2.2ClH/c1-2-3-14(18-8-6-17-7-9-18)12-5-4-11(15)10-13(12)16;;/h2,4-5,10,14,17H,1,3,6-9H2;2*1H/t14-;;/m1../s1. The minimum Gasteiger partial charge on any atom is -0.314 e. The second kappa shape index (κ2) is 9.29. The fraction of sp³-hybridized carbons (Fsp3) is 0.429. The van der Waals surface area contributed by atoms with Gasteiger partial charge in [-0.2, -0.15) is 0 Å². The van der Waals surface area contributed by atoms with Crippen molar-refractivity contribution in [2.45, 2.75) is 12.5 Å². The maximum absolute atomic E-state index is 13.9. The molecule has 20 heavy (non-hydrogen) atoms. The van der Waals surface area contributed by atoms with E-state index in [1.165, 1.54) is 6.07 Å². The number of rotatable bonds is 4. The van der Waals surface area contributed by atoms with Crippen LogP contribution in [0.15, 0.2) is 30.9 Å². The zero-order valence-corrected chi connectivity index (χ0v) is 12.8. The van der Waals surface area contributed by atoms with Crippen LogP contribution in [0.4, 0.5) is 8.78 Å². The van der Waals surface area contributed by atoms with Gasteiger partial charge < -0.3 is 5.32 Å². The lowest BCUT2D eigenvalue weighted by Crippen LogP contribution is -2.45. The Bertz CT molecular complexity index is 424. The molecular weight excluding hydrogens is 305 g/mol. The first-order valence-electron chi connectivity index (χ1n) is 6.23. The molecule has 0 spiro atoms. The summed E-state index contributed by atoms with van der Waals surface area (Å²) in [6.07, 6.45) is 2.46. The Balaban J connectivity index is 0.00000180. The number of benzene rings is 1. The molecule has 1 atom stereocenters. The number of halogens is 4. The number of nitrogens with one attached hydrogen (secondary N) is 1. The molecule has 6 heteroatoms. The van der Waals surface area contributed by atoms with Crippen molar-refractivity contribution in [2.24, 2.45) is 0 Å². The summed E-state index contributed by atoms with van der Waals surface area (Å²) in [7, 11) is 0. The second-order valence-corrected chi connectivity index (χ2v) is 4.49. The minimum atomic E-state index is -0.533. The summed E-state index contributed by atoms with van der Waals surface area (Å²) in [5, 5.41) is 3.27. The highest BCUT2D eigenvalue weighted by Gasteiger charge is 2.23. The Morgan fingerprint density at radius 3 is 2.45 bits per heavy atom. The van der Waals surface area contributed by atoms with E-state index in [1.807, 2.05) is 0 Å². The van der Waals surface area contributed by atoms with Gasteiger partial charge in [0.2, 0.25) is 0 Å². The van der Waals surface area contributed by atoms with Gasteiger partial charge in [-0.3, -0.25) is 4.90 Å². The predicted molar refractivity (Wildman–Crippen MR) is 82.9 cm³/mol. The molecule has 0 aromatic heterocycles. The first-order valence-corrected chi connectivity index (χ1v) is 6.23. The largest absolute Gasteiger partial charge is 0.314 e. The second-order valence-electron chi connectivity index (χ2n) is 4.49. The summed E-state index contributed by atoms with van der Waals surface area (Å²) in [5.74, 6) is -1.01.